The van der Waals surface area contributed by atoms with Gasteiger partial charge in [0.2, 0.25) is 10.0 Å². The molecule has 0 atom stereocenters. The van der Waals surface area contributed by atoms with E-state index in [0.717, 1.165) is 6.07 Å². The summed E-state index contributed by atoms with van der Waals surface area (Å²) >= 11 is 0. The van der Waals surface area contributed by atoms with Crippen LogP contribution in [0, 0.1) is 15.9 Å². The monoisotopic (exact) mass is 395 g/mol. The van der Waals surface area contributed by atoms with E-state index in [1.54, 1.807) is 39.1 Å². The van der Waals surface area contributed by atoms with Gasteiger partial charge in [0.1, 0.15) is 11.5 Å². The molecule has 0 saturated heterocycles. The van der Waals surface area contributed by atoms with Crippen LogP contribution in [-0.4, -0.2) is 37.8 Å². The molecule has 2 aromatic carbocycles. The minimum atomic E-state index is -3.81. The Labute approximate surface area is 158 Å². The van der Waals surface area contributed by atoms with Crippen molar-refractivity contribution in [3.63, 3.8) is 0 Å². The van der Waals surface area contributed by atoms with Crippen molar-refractivity contribution in [2.45, 2.75) is 25.3 Å². The maximum absolute atomic E-state index is 13.9. The van der Waals surface area contributed by atoms with Gasteiger partial charge in [-0.2, -0.15) is 4.31 Å². The molecule has 0 spiro atoms. The molecule has 0 bridgehead atoms. The molecule has 0 fully saturated rings. The van der Waals surface area contributed by atoms with Crippen molar-refractivity contribution in [1.29, 1.82) is 0 Å². The molecule has 0 aromatic heterocycles. The van der Waals surface area contributed by atoms with Crippen LogP contribution in [0.15, 0.2) is 47.4 Å². The molecular formula is C18H22FN3O4S. The van der Waals surface area contributed by atoms with E-state index in [2.05, 4.69) is 0 Å². The van der Waals surface area contributed by atoms with Crippen molar-refractivity contribution in [2.24, 2.45) is 0 Å². The van der Waals surface area contributed by atoms with E-state index in [4.69, 9.17) is 0 Å². The number of nitrogens with zero attached hydrogens (tertiary/aromatic N) is 3. The highest BCUT2D eigenvalue weighted by atomic mass is 32.2. The fourth-order valence-corrected chi connectivity index (χ4v) is 4.29. The summed E-state index contributed by atoms with van der Waals surface area (Å²) in [4.78, 5) is 12.3. The van der Waals surface area contributed by atoms with Crippen LogP contribution in [0.5, 0.6) is 0 Å². The summed E-state index contributed by atoms with van der Waals surface area (Å²) in [5.74, 6) is -0.410. The summed E-state index contributed by atoms with van der Waals surface area (Å²) < 4.78 is 40.4. The number of anilines is 1. The van der Waals surface area contributed by atoms with E-state index >= 15 is 0 Å². The second kappa shape index (κ2) is 8.45. The van der Waals surface area contributed by atoms with Crippen molar-refractivity contribution >= 4 is 21.4 Å². The topological polar surface area (TPSA) is 83.8 Å². The molecule has 0 aliphatic carbocycles. The highest BCUT2D eigenvalue weighted by molar-refractivity contribution is 7.89. The van der Waals surface area contributed by atoms with Gasteiger partial charge in [-0.25, -0.2) is 12.8 Å². The second-order valence-electron chi connectivity index (χ2n) is 5.94. The number of hydrogen-bond donors (Lipinski definition) is 0. The number of sulfonamides is 1. The summed E-state index contributed by atoms with van der Waals surface area (Å²) in [6.45, 7) is 4.04. The van der Waals surface area contributed by atoms with Gasteiger partial charge in [0.25, 0.3) is 5.69 Å². The molecule has 27 heavy (non-hydrogen) atoms. The lowest BCUT2D eigenvalue weighted by Crippen LogP contribution is -2.30. The fraction of sp³-hybridized carbons (Fsp3) is 0.333. The van der Waals surface area contributed by atoms with Crippen molar-refractivity contribution < 1.29 is 17.7 Å². The highest BCUT2D eigenvalue weighted by Crippen LogP contribution is 2.32. The highest BCUT2D eigenvalue weighted by Gasteiger charge is 2.26. The van der Waals surface area contributed by atoms with E-state index in [1.165, 1.54) is 27.4 Å². The zero-order chi connectivity index (χ0) is 20.2. The van der Waals surface area contributed by atoms with Crippen LogP contribution >= 0.6 is 0 Å². The summed E-state index contributed by atoms with van der Waals surface area (Å²) in [5, 5.41) is 11.5. The molecule has 0 aliphatic heterocycles. The van der Waals surface area contributed by atoms with Gasteiger partial charge < -0.3 is 4.90 Å². The Hall–Kier alpha value is -2.52. The van der Waals surface area contributed by atoms with Gasteiger partial charge in [0.15, 0.2) is 0 Å². The maximum Gasteiger partial charge on any atom is 0.293 e. The first-order valence-electron chi connectivity index (χ1n) is 8.45. The molecule has 0 saturated carbocycles. The minimum Gasteiger partial charge on any atom is -0.365 e. The smallest absolute Gasteiger partial charge is 0.293 e. The summed E-state index contributed by atoms with van der Waals surface area (Å²) in [5.41, 5.74) is 0.248. The zero-order valence-corrected chi connectivity index (χ0v) is 16.2. The molecule has 0 aliphatic rings. The molecule has 0 radical (unpaired) electrons. The average molecular weight is 395 g/mol. The molecule has 9 heteroatoms. The van der Waals surface area contributed by atoms with Gasteiger partial charge in [-0.15, -0.1) is 0 Å². The van der Waals surface area contributed by atoms with E-state index in [1.807, 2.05) is 0 Å². The van der Waals surface area contributed by atoms with Crippen LogP contribution in [0.1, 0.15) is 19.4 Å². The summed E-state index contributed by atoms with van der Waals surface area (Å²) in [6.07, 6.45) is 0. The van der Waals surface area contributed by atoms with Crippen LogP contribution in [-0.2, 0) is 16.6 Å². The standard InChI is InChI=1S/C18H22FN3O4S/c1-4-21(5-2)27(25,26)15-10-11-17(18(12-15)22(23)24)20(3)13-14-8-6-7-9-16(14)19/h6-12H,4-5,13H2,1-3H3. The largest absolute Gasteiger partial charge is 0.365 e. The SMILES string of the molecule is CCN(CC)S(=O)(=O)c1ccc(N(C)Cc2ccccc2F)c([N+](=O)[O-])c1. The quantitative estimate of drug-likeness (QED) is 0.505. The lowest BCUT2D eigenvalue weighted by Gasteiger charge is -2.21. The van der Waals surface area contributed by atoms with Crippen LogP contribution in [0.25, 0.3) is 0 Å². The lowest BCUT2D eigenvalue weighted by molar-refractivity contribution is -0.384. The number of benzene rings is 2. The predicted molar refractivity (Wildman–Crippen MR) is 102 cm³/mol. The number of hydrogen-bond acceptors (Lipinski definition) is 5. The average Bonchev–Trinajstić information content (AvgIpc) is 2.63. The fourth-order valence-electron chi connectivity index (χ4n) is 2.81. The van der Waals surface area contributed by atoms with E-state index in [9.17, 15) is 22.9 Å². The molecule has 2 aromatic rings. The first-order chi connectivity index (χ1) is 12.7. The van der Waals surface area contributed by atoms with Gasteiger partial charge in [-0.1, -0.05) is 32.0 Å². The third kappa shape index (κ3) is 4.42. The number of halogens is 1. The van der Waals surface area contributed by atoms with Gasteiger partial charge >= 0.3 is 0 Å². The second-order valence-corrected chi connectivity index (χ2v) is 7.88. The van der Waals surface area contributed by atoms with E-state index < -0.39 is 20.8 Å². The molecule has 0 unspecified atom stereocenters. The molecule has 0 N–H and O–H groups in total. The molecule has 0 heterocycles. The number of nitro benzene ring substituents is 1. The minimum absolute atomic E-state index is 0.107. The molecule has 0 amide bonds. The first-order valence-corrected chi connectivity index (χ1v) is 9.89. The van der Waals surface area contributed by atoms with Gasteiger partial charge in [0.05, 0.1) is 9.82 Å². The zero-order valence-electron chi connectivity index (χ0n) is 15.4. The van der Waals surface area contributed by atoms with E-state index in [0.29, 0.717) is 5.56 Å². The molecule has 2 rings (SSSR count). The van der Waals surface area contributed by atoms with Gasteiger partial charge in [-0.3, -0.25) is 10.1 Å². The van der Waals surface area contributed by atoms with Gasteiger partial charge in [-0.05, 0) is 18.2 Å². The van der Waals surface area contributed by atoms with Crippen molar-refractivity contribution in [3.05, 3.63) is 64.0 Å². The van der Waals surface area contributed by atoms with Crippen LogP contribution in [0.3, 0.4) is 0 Å². The van der Waals surface area contributed by atoms with Gasteiger partial charge in [0, 0.05) is 38.3 Å². The molecule has 146 valence electrons. The van der Waals surface area contributed by atoms with Crippen LogP contribution in [0.4, 0.5) is 15.8 Å². The molecule has 7 nitrogen and oxygen atoms in total. The van der Waals surface area contributed by atoms with E-state index in [-0.39, 0.29) is 35.9 Å². The summed E-state index contributed by atoms with van der Waals surface area (Å²) in [7, 11) is -2.22. The van der Waals surface area contributed by atoms with Crippen LogP contribution < -0.4 is 4.90 Å². The Bertz CT molecular complexity index is 930. The summed E-state index contributed by atoms with van der Waals surface area (Å²) in [6, 6.07) is 9.94. The number of rotatable bonds is 8. The third-order valence-electron chi connectivity index (χ3n) is 4.26. The third-order valence-corrected chi connectivity index (χ3v) is 6.31. The Morgan fingerprint density at radius 2 is 1.74 bits per heavy atom. The Balaban J connectivity index is 2.44. The lowest BCUT2D eigenvalue weighted by atomic mass is 10.2. The van der Waals surface area contributed by atoms with Crippen LogP contribution in [0.2, 0.25) is 0 Å². The Kier molecular flexibility index (Phi) is 6.50. The normalized spacial score (nSPS) is 11.6. The van der Waals surface area contributed by atoms with Crippen molar-refractivity contribution in [2.75, 3.05) is 25.0 Å². The predicted octanol–water partition coefficient (Wildman–Crippen LogP) is 3.40. The number of nitro groups is 1. The Morgan fingerprint density at radius 3 is 2.30 bits per heavy atom. The maximum atomic E-state index is 13.9. The first kappa shape index (κ1) is 20.8. The van der Waals surface area contributed by atoms with Crippen molar-refractivity contribution in [1.82, 2.24) is 4.31 Å². The van der Waals surface area contributed by atoms with Crippen molar-refractivity contribution in [3.8, 4) is 0 Å². The molecular weight excluding hydrogens is 373 g/mol. The Morgan fingerprint density at radius 1 is 1.11 bits per heavy atom.